The van der Waals surface area contributed by atoms with Gasteiger partial charge in [-0.2, -0.15) is 0 Å². The van der Waals surface area contributed by atoms with E-state index in [1.807, 2.05) is 6.07 Å². The molecule has 1 N–H and O–H groups in total. The Kier molecular flexibility index (Phi) is 3.95. The summed E-state index contributed by atoms with van der Waals surface area (Å²) < 4.78 is 0. The van der Waals surface area contributed by atoms with E-state index in [0.717, 1.165) is 11.4 Å². The summed E-state index contributed by atoms with van der Waals surface area (Å²) in [4.78, 5) is 1.35. The van der Waals surface area contributed by atoms with Gasteiger partial charge in [-0.15, -0.1) is 11.8 Å². The molecule has 0 amide bonds. The van der Waals surface area contributed by atoms with Gasteiger partial charge in [-0.3, -0.25) is 0 Å². The first kappa shape index (κ1) is 11.3. The third-order valence-corrected chi connectivity index (χ3v) is 3.94. The standard InChI is InChI=1S/C12H16ClNS/c1-15-12-5-4-10(13)7-9(12)8-11-3-2-6-14-11/h4-5,7,11,14H,2-3,6,8H2,1H3. The van der Waals surface area contributed by atoms with Crippen LogP contribution in [-0.2, 0) is 6.42 Å². The molecule has 1 fully saturated rings. The van der Waals surface area contributed by atoms with Gasteiger partial charge in [0.2, 0.25) is 0 Å². The number of thioether (sulfide) groups is 1. The van der Waals surface area contributed by atoms with E-state index in [0.29, 0.717) is 6.04 Å². The predicted molar refractivity (Wildman–Crippen MR) is 68.0 cm³/mol. The molecular formula is C12H16ClNS. The van der Waals surface area contributed by atoms with Crippen molar-refractivity contribution in [1.82, 2.24) is 5.32 Å². The van der Waals surface area contributed by atoms with Crippen molar-refractivity contribution in [2.24, 2.45) is 0 Å². The Morgan fingerprint density at radius 2 is 2.40 bits per heavy atom. The largest absolute Gasteiger partial charge is 0.314 e. The molecule has 1 aliphatic rings. The van der Waals surface area contributed by atoms with Gasteiger partial charge in [-0.1, -0.05) is 11.6 Å². The molecule has 1 aromatic rings. The second kappa shape index (κ2) is 5.24. The van der Waals surface area contributed by atoms with Crippen LogP contribution in [0.5, 0.6) is 0 Å². The van der Waals surface area contributed by atoms with Gasteiger partial charge in [-0.05, 0) is 55.8 Å². The molecule has 1 heterocycles. The molecule has 1 atom stereocenters. The molecule has 2 rings (SSSR count). The maximum absolute atomic E-state index is 6.03. The Morgan fingerprint density at radius 1 is 1.53 bits per heavy atom. The normalized spacial score (nSPS) is 20.8. The summed E-state index contributed by atoms with van der Waals surface area (Å²) >= 11 is 7.83. The molecular weight excluding hydrogens is 226 g/mol. The molecule has 3 heteroatoms. The topological polar surface area (TPSA) is 12.0 Å². The third kappa shape index (κ3) is 2.90. The summed E-state index contributed by atoms with van der Waals surface area (Å²) in [5.41, 5.74) is 1.38. The zero-order valence-electron chi connectivity index (χ0n) is 8.92. The van der Waals surface area contributed by atoms with Crippen LogP contribution in [0.4, 0.5) is 0 Å². The minimum absolute atomic E-state index is 0.648. The lowest BCUT2D eigenvalue weighted by atomic mass is 10.0. The summed E-state index contributed by atoms with van der Waals surface area (Å²) in [6.07, 6.45) is 5.83. The average molecular weight is 242 g/mol. The fourth-order valence-corrected chi connectivity index (χ4v) is 2.91. The fourth-order valence-electron chi connectivity index (χ4n) is 2.10. The summed E-state index contributed by atoms with van der Waals surface area (Å²) in [5.74, 6) is 0. The van der Waals surface area contributed by atoms with E-state index in [4.69, 9.17) is 11.6 Å². The van der Waals surface area contributed by atoms with Crippen molar-refractivity contribution in [1.29, 1.82) is 0 Å². The van der Waals surface area contributed by atoms with E-state index in [1.54, 1.807) is 11.8 Å². The molecule has 0 saturated carbocycles. The van der Waals surface area contributed by atoms with Gasteiger partial charge in [0.15, 0.2) is 0 Å². The molecule has 0 radical (unpaired) electrons. The fraction of sp³-hybridized carbons (Fsp3) is 0.500. The van der Waals surface area contributed by atoms with Crippen molar-refractivity contribution in [3.63, 3.8) is 0 Å². The summed E-state index contributed by atoms with van der Waals surface area (Å²) in [6, 6.07) is 6.85. The molecule has 0 aliphatic carbocycles. The summed E-state index contributed by atoms with van der Waals surface area (Å²) in [6.45, 7) is 1.17. The zero-order chi connectivity index (χ0) is 10.7. The SMILES string of the molecule is CSc1ccc(Cl)cc1CC1CCCN1. The quantitative estimate of drug-likeness (QED) is 0.815. The highest BCUT2D eigenvalue weighted by Gasteiger charge is 2.16. The van der Waals surface area contributed by atoms with E-state index >= 15 is 0 Å². The number of nitrogens with one attached hydrogen (secondary N) is 1. The number of rotatable bonds is 3. The number of hydrogen-bond donors (Lipinski definition) is 1. The first-order valence-corrected chi connectivity index (χ1v) is 6.95. The van der Waals surface area contributed by atoms with Gasteiger partial charge in [0, 0.05) is 16.0 Å². The molecule has 1 saturated heterocycles. The first-order valence-electron chi connectivity index (χ1n) is 5.35. The Hall–Kier alpha value is -0.180. The van der Waals surface area contributed by atoms with Crippen LogP contribution in [0.2, 0.25) is 5.02 Å². The van der Waals surface area contributed by atoms with Crippen molar-refractivity contribution in [3.05, 3.63) is 28.8 Å². The lowest BCUT2D eigenvalue weighted by Crippen LogP contribution is -2.23. The van der Waals surface area contributed by atoms with Crippen LogP contribution in [0.15, 0.2) is 23.1 Å². The van der Waals surface area contributed by atoms with Crippen molar-refractivity contribution in [2.75, 3.05) is 12.8 Å². The van der Waals surface area contributed by atoms with Crippen molar-refractivity contribution in [3.8, 4) is 0 Å². The molecule has 0 aromatic heterocycles. The van der Waals surface area contributed by atoms with Gasteiger partial charge in [0.05, 0.1) is 0 Å². The molecule has 0 bridgehead atoms. The molecule has 0 spiro atoms. The highest BCUT2D eigenvalue weighted by Crippen LogP contribution is 2.26. The summed E-state index contributed by atoms with van der Waals surface area (Å²) in [5, 5.41) is 4.37. The van der Waals surface area contributed by atoms with Gasteiger partial charge >= 0.3 is 0 Å². The van der Waals surface area contributed by atoms with E-state index in [2.05, 4.69) is 23.7 Å². The van der Waals surface area contributed by atoms with Crippen LogP contribution < -0.4 is 5.32 Å². The molecule has 1 unspecified atom stereocenters. The second-order valence-corrected chi connectivity index (χ2v) is 5.24. The molecule has 1 aliphatic heterocycles. The predicted octanol–water partition coefficient (Wildman–Crippen LogP) is 3.36. The van der Waals surface area contributed by atoms with Gasteiger partial charge < -0.3 is 5.32 Å². The maximum atomic E-state index is 6.03. The van der Waals surface area contributed by atoms with Crippen LogP contribution >= 0.6 is 23.4 Å². The number of benzene rings is 1. The smallest absolute Gasteiger partial charge is 0.0409 e. The maximum Gasteiger partial charge on any atom is 0.0409 e. The van der Waals surface area contributed by atoms with Crippen molar-refractivity contribution < 1.29 is 0 Å². The van der Waals surface area contributed by atoms with Gasteiger partial charge in [-0.25, -0.2) is 0 Å². The highest BCUT2D eigenvalue weighted by atomic mass is 35.5. The lowest BCUT2D eigenvalue weighted by Gasteiger charge is -2.13. The molecule has 1 nitrogen and oxygen atoms in total. The second-order valence-electron chi connectivity index (χ2n) is 3.95. The van der Waals surface area contributed by atoms with Crippen LogP contribution in [0.1, 0.15) is 18.4 Å². The highest BCUT2D eigenvalue weighted by molar-refractivity contribution is 7.98. The van der Waals surface area contributed by atoms with Crippen LogP contribution in [-0.4, -0.2) is 18.8 Å². The molecule has 82 valence electrons. The van der Waals surface area contributed by atoms with Crippen LogP contribution in [0.3, 0.4) is 0 Å². The minimum atomic E-state index is 0.648. The van der Waals surface area contributed by atoms with Crippen molar-refractivity contribution >= 4 is 23.4 Å². The van der Waals surface area contributed by atoms with Crippen LogP contribution in [0, 0.1) is 0 Å². The first-order chi connectivity index (χ1) is 7.29. The monoisotopic (exact) mass is 241 g/mol. The minimum Gasteiger partial charge on any atom is -0.314 e. The Balaban J connectivity index is 2.14. The average Bonchev–Trinajstić information content (AvgIpc) is 2.71. The van der Waals surface area contributed by atoms with E-state index < -0.39 is 0 Å². The zero-order valence-corrected chi connectivity index (χ0v) is 10.5. The molecule has 1 aromatic carbocycles. The molecule has 15 heavy (non-hydrogen) atoms. The Morgan fingerprint density at radius 3 is 3.07 bits per heavy atom. The van der Waals surface area contributed by atoms with Gasteiger partial charge in [0.25, 0.3) is 0 Å². The van der Waals surface area contributed by atoms with E-state index in [1.165, 1.54) is 29.8 Å². The van der Waals surface area contributed by atoms with Gasteiger partial charge in [0.1, 0.15) is 0 Å². The third-order valence-electron chi connectivity index (χ3n) is 2.87. The van der Waals surface area contributed by atoms with E-state index in [9.17, 15) is 0 Å². The number of hydrogen-bond acceptors (Lipinski definition) is 2. The number of halogens is 1. The van der Waals surface area contributed by atoms with Crippen molar-refractivity contribution in [2.45, 2.75) is 30.2 Å². The van der Waals surface area contributed by atoms with E-state index in [-0.39, 0.29) is 0 Å². The summed E-state index contributed by atoms with van der Waals surface area (Å²) in [7, 11) is 0. The van der Waals surface area contributed by atoms with Crippen LogP contribution in [0.25, 0.3) is 0 Å². The Bertz CT molecular complexity index is 334. The lowest BCUT2D eigenvalue weighted by molar-refractivity contribution is 0.599. The Labute approximate surface area is 101 Å².